The Kier molecular flexibility index (Phi) is 2.52. The predicted octanol–water partition coefficient (Wildman–Crippen LogP) is 1.38. The van der Waals surface area contributed by atoms with Crippen molar-refractivity contribution in [1.82, 2.24) is 14.5 Å². The van der Waals surface area contributed by atoms with Crippen molar-refractivity contribution < 1.29 is 0 Å². The number of hydrogen-bond acceptors (Lipinski definition) is 3. The van der Waals surface area contributed by atoms with Crippen molar-refractivity contribution in [2.45, 2.75) is 6.92 Å². The highest BCUT2D eigenvalue weighted by Crippen LogP contribution is 2.11. The van der Waals surface area contributed by atoms with E-state index in [4.69, 9.17) is 0 Å². The molecule has 0 amide bonds. The number of pyridine rings is 1. The molecule has 1 N–H and O–H groups in total. The summed E-state index contributed by atoms with van der Waals surface area (Å²) in [7, 11) is 0. The molecule has 0 aliphatic heterocycles. The van der Waals surface area contributed by atoms with Crippen LogP contribution in [0.15, 0.2) is 52.3 Å². The Labute approximate surface area is 108 Å². The molecule has 0 spiro atoms. The minimum atomic E-state index is -0.462. The molecule has 5 heteroatoms. The first-order chi connectivity index (χ1) is 9.18. The van der Waals surface area contributed by atoms with Gasteiger partial charge in [0.2, 0.25) is 0 Å². The number of nitrogens with one attached hydrogen (secondary N) is 1. The van der Waals surface area contributed by atoms with E-state index in [1.165, 1.54) is 6.20 Å². The summed E-state index contributed by atoms with van der Waals surface area (Å²) in [6.07, 6.45) is 3.08. The lowest BCUT2D eigenvalue weighted by atomic mass is 10.1. The van der Waals surface area contributed by atoms with Gasteiger partial charge < -0.3 is 4.98 Å². The van der Waals surface area contributed by atoms with Crippen LogP contribution in [-0.4, -0.2) is 14.5 Å². The quantitative estimate of drug-likeness (QED) is 0.712. The number of rotatable bonds is 1. The zero-order chi connectivity index (χ0) is 13.4. The van der Waals surface area contributed by atoms with Crippen molar-refractivity contribution >= 4 is 10.9 Å². The Balaban J connectivity index is 2.49. The molecule has 94 valence electrons. The molecule has 5 nitrogen and oxygen atoms in total. The lowest BCUT2D eigenvalue weighted by Gasteiger charge is -2.07. The zero-order valence-corrected chi connectivity index (χ0v) is 10.3. The largest absolute Gasteiger partial charge is 0.333 e. The third kappa shape index (κ3) is 1.76. The van der Waals surface area contributed by atoms with Crippen molar-refractivity contribution in [3.05, 3.63) is 69.1 Å². The third-order valence-electron chi connectivity index (χ3n) is 3.04. The Hall–Kier alpha value is -2.69. The molecule has 0 unspecified atom stereocenters. The molecular formula is C14H11N3O2. The molecule has 2 aromatic heterocycles. The fraction of sp³-hybridized carbons (Fsp3) is 0.0714. The summed E-state index contributed by atoms with van der Waals surface area (Å²) in [6.45, 7) is 1.84. The topological polar surface area (TPSA) is 67.8 Å². The summed E-state index contributed by atoms with van der Waals surface area (Å²) in [5.41, 5.74) is 1.05. The van der Waals surface area contributed by atoms with E-state index in [0.29, 0.717) is 16.6 Å². The number of aromatic amines is 1. The lowest BCUT2D eigenvalue weighted by molar-refractivity contribution is 0.893. The van der Waals surface area contributed by atoms with Crippen molar-refractivity contribution in [1.29, 1.82) is 0 Å². The van der Waals surface area contributed by atoms with Gasteiger partial charge in [-0.05, 0) is 30.7 Å². The summed E-state index contributed by atoms with van der Waals surface area (Å²) in [4.78, 5) is 31.2. The smallest absolute Gasteiger partial charge is 0.306 e. The van der Waals surface area contributed by atoms with Crippen molar-refractivity contribution in [2.24, 2.45) is 0 Å². The number of aromatic nitrogens is 3. The van der Waals surface area contributed by atoms with E-state index in [1.54, 1.807) is 24.4 Å². The van der Waals surface area contributed by atoms with Gasteiger partial charge in [0.05, 0.1) is 22.8 Å². The van der Waals surface area contributed by atoms with Gasteiger partial charge in [0.1, 0.15) is 0 Å². The SMILES string of the molecule is Cc1cccc2[nH]c(=O)n(-c3cccnc3)c(=O)c12. The second-order valence-electron chi connectivity index (χ2n) is 4.28. The Morgan fingerprint density at radius 2 is 2.00 bits per heavy atom. The van der Waals surface area contributed by atoms with Gasteiger partial charge in [-0.25, -0.2) is 9.36 Å². The molecule has 0 aliphatic carbocycles. The first-order valence-electron chi connectivity index (χ1n) is 5.83. The van der Waals surface area contributed by atoms with E-state index in [-0.39, 0.29) is 5.56 Å². The summed E-state index contributed by atoms with van der Waals surface area (Å²) < 4.78 is 1.10. The summed E-state index contributed by atoms with van der Waals surface area (Å²) in [6, 6.07) is 8.73. The van der Waals surface area contributed by atoms with Crippen LogP contribution in [0.2, 0.25) is 0 Å². The number of H-pyrrole nitrogens is 1. The standard InChI is InChI=1S/C14H11N3O2/c1-9-4-2-6-11-12(9)13(18)17(14(19)16-11)10-5-3-7-15-8-10/h2-8H,1H3,(H,16,19). The predicted molar refractivity (Wildman–Crippen MR) is 72.7 cm³/mol. The Bertz CT molecular complexity index is 863. The molecule has 2 heterocycles. The normalized spacial score (nSPS) is 10.8. The minimum Gasteiger partial charge on any atom is -0.306 e. The van der Waals surface area contributed by atoms with Crippen molar-refractivity contribution in [3.63, 3.8) is 0 Å². The van der Waals surface area contributed by atoms with E-state index in [2.05, 4.69) is 9.97 Å². The molecular weight excluding hydrogens is 242 g/mol. The van der Waals surface area contributed by atoms with Crippen molar-refractivity contribution in [3.8, 4) is 5.69 Å². The molecule has 0 aliphatic rings. The molecule has 0 saturated heterocycles. The van der Waals surface area contributed by atoms with Gasteiger partial charge in [0, 0.05) is 6.20 Å². The first kappa shape index (κ1) is 11.4. The summed E-state index contributed by atoms with van der Waals surface area (Å²) in [5.74, 6) is 0. The van der Waals surface area contributed by atoms with Crippen LogP contribution in [0.4, 0.5) is 0 Å². The highest BCUT2D eigenvalue weighted by atomic mass is 16.2. The second kappa shape index (κ2) is 4.20. The number of nitrogens with zero attached hydrogens (tertiary/aromatic N) is 2. The van der Waals surface area contributed by atoms with Crippen molar-refractivity contribution in [2.75, 3.05) is 0 Å². The maximum atomic E-state index is 12.5. The van der Waals surface area contributed by atoms with Gasteiger partial charge in [-0.15, -0.1) is 0 Å². The van der Waals surface area contributed by atoms with E-state index < -0.39 is 5.69 Å². The van der Waals surface area contributed by atoms with Crippen LogP contribution in [0.25, 0.3) is 16.6 Å². The molecule has 0 radical (unpaired) electrons. The van der Waals surface area contributed by atoms with Gasteiger partial charge in [-0.1, -0.05) is 12.1 Å². The van der Waals surface area contributed by atoms with E-state index >= 15 is 0 Å². The number of hydrogen-bond donors (Lipinski definition) is 1. The number of benzene rings is 1. The Morgan fingerprint density at radius 3 is 2.74 bits per heavy atom. The van der Waals surface area contributed by atoms with Crippen LogP contribution in [-0.2, 0) is 0 Å². The van der Waals surface area contributed by atoms with Gasteiger partial charge in [-0.3, -0.25) is 9.78 Å². The lowest BCUT2D eigenvalue weighted by Crippen LogP contribution is -2.33. The molecule has 3 rings (SSSR count). The van der Waals surface area contributed by atoms with Gasteiger partial charge in [0.25, 0.3) is 5.56 Å². The molecule has 19 heavy (non-hydrogen) atoms. The van der Waals surface area contributed by atoms with Gasteiger partial charge in [0.15, 0.2) is 0 Å². The molecule has 0 bridgehead atoms. The average Bonchev–Trinajstić information content (AvgIpc) is 2.39. The molecule has 0 saturated carbocycles. The summed E-state index contributed by atoms with van der Waals surface area (Å²) in [5, 5.41) is 0.519. The fourth-order valence-electron chi connectivity index (χ4n) is 2.15. The van der Waals surface area contributed by atoms with Crippen LogP contribution < -0.4 is 11.2 Å². The maximum Gasteiger partial charge on any atom is 0.333 e. The zero-order valence-electron chi connectivity index (χ0n) is 10.3. The molecule has 1 aromatic carbocycles. The van der Waals surface area contributed by atoms with Crippen LogP contribution in [0, 0.1) is 6.92 Å². The van der Waals surface area contributed by atoms with Gasteiger partial charge in [-0.2, -0.15) is 0 Å². The van der Waals surface area contributed by atoms with Crippen LogP contribution in [0.5, 0.6) is 0 Å². The molecule has 3 aromatic rings. The number of aryl methyl sites for hydroxylation is 1. The number of fused-ring (bicyclic) bond motifs is 1. The van der Waals surface area contributed by atoms with Crippen LogP contribution >= 0.6 is 0 Å². The van der Waals surface area contributed by atoms with Crippen LogP contribution in [0.3, 0.4) is 0 Å². The molecule has 0 atom stereocenters. The monoisotopic (exact) mass is 253 g/mol. The second-order valence-corrected chi connectivity index (χ2v) is 4.28. The van der Waals surface area contributed by atoms with E-state index in [1.807, 2.05) is 19.1 Å². The van der Waals surface area contributed by atoms with E-state index in [0.717, 1.165) is 10.1 Å². The highest BCUT2D eigenvalue weighted by Gasteiger charge is 2.10. The average molecular weight is 253 g/mol. The van der Waals surface area contributed by atoms with Crippen LogP contribution in [0.1, 0.15) is 5.56 Å². The van der Waals surface area contributed by atoms with Gasteiger partial charge >= 0.3 is 5.69 Å². The highest BCUT2D eigenvalue weighted by molar-refractivity contribution is 5.81. The fourth-order valence-corrected chi connectivity index (χ4v) is 2.15. The maximum absolute atomic E-state index is 12.5. The molecule has 0 fully saturated rings. The summed E-state index contributed by atoms with van der Waals surface area (Å²) >= 11 is 0. The third-order valence-corrected chi connectivity index (χ3v) is 3.04. The minimum absolute atomic E-state index is 0.329. The first-order valence-corrected chi connectivity index (χ1v) is 5.83. The van der Waals surface area contributed by atoms with E-state index in [9.17, 15) is 9.59 Å². The Morgan fingerprint density at radius 1 is 1.16 bits per heavy atom.